The molecule has 0 aromatic rings. The van der Waals surface area contributed by atoms with Gasteiger partial charge in [0.15, 0.2) is 0 Å². The molecule has 0 radical (unpaired) electrons. The Labute approximate surface area is 116 Å². The molecule has 2 bridgehead atoms. The van der Waals surface area contributed by atoms with Crippen LogP contribution in [0.5, 0.6) is 0 Å². The maximum absolute atomic E-state index is 12.7. The van der Waals surface area contributed by atoms with Crippen molar-refractivity contribution in [2.24, 2.45) is 29.6 Å². The van der Waals surface area contributed by atoms with Gasteiger partial charge in [0.1, 0.15) is 0 Å². The van der Waals surface area contributed by atoms with Crippen molar-refractivity contribution in [1.29, 1.82) is 0 Å². The number of carbonyl (C=O) groups is 1. The van der Waals surface area contributed by atoms with Crippen molar-refractivity contribution in [3.63, 3.8) is 0 Å². The molecule has 3 saturated carbocycles. The lowest BCUT2D eigenvalue weighted by atomic mass is 10.0. The van der Waals surface area contributed by atoms with Crippen LogP contribution in [0.2, 0.25) is 0 Å². The minimum atomic E-state index is 0.0592. The normalized spacial score (nSPS) is 51.3. The van der Waals surface area contributed by atoms with Crippen molar-refractivity contribution in [1.82, 2.24) is 10.2 Å². The first-order valence-corrected chi connectivity index (χ1v) is 8.21. The fourth-order valence-corrected chi connectivity index (χ4v) is 5.47. The van der Waals surface area contributed by atoms with Crippen LogP contribution < -0.4 is 5.32 Å². The molecule has 0 aromatic carbocycles. The average molecular weight is 262 g/mol. The lowest BCUT2D eigenvalue weighted by Crippen LogP contribution is -2.40. The molecule has 4 rings (SSSR count). The van der Waals surface area contributed by atoms with E-state index >= 15 is 0 Å². The number of hydrogen-bond donors (Lipinski definition) is 1. The standard InChI is InChI=1S/C16H26N2O/c1-4-11-17-14(8(2)3)16(19)18(11)15-12-9-5-6-10(7-9)13(12)15/h8-15,17H,4-7H2,1-3H3. The predicted octanol–water partition coefficient (Wildman–Crippen LogP) is 2.22. The number of nitrogens with one attached hydrogen (secondary N) is 1. The molecule has 0 spiro atoms. The Morgan fingerprint density at radius 1 is 1.26 bits per heavy atom. The summed E-state index contributed by atoms with van der Waals surface area (Å²) in [5.74, 6) is 4.42. The highest BCUT2D eigenvalue weighted by Crippen LogP contribution is 2.67. The van der Waals surface area contributed by atoms with Gasteiger partial charge in [0, 0.05) is 6.04 Å². The maximum Gasteiger partial charge on any atom is 0.241 e. The van der Waals surface area contributed by atoms with Gasteiger partial charge in [-0.1, -0.05) is 20.8 Å². The zero-order chi connectivity index (χ0) is 13.3. The van der Waals surface area contributed by atoms with E-state index in [9.17, 15) is 4.79 Å². The van der Waals surface area contributed by atoms with Crippen molar-refractivity contribution < 1.29 is 4.79 Å². The summed E-state index contributed by atoms with van der Waals surface area (Å²) in [5, 5.41) is 3.58. The van der Waals surface area contributed by atoms with Crippen molar-refractivity contribution in [3.05, 3.63) is 0 Å². The largest absolute Gasteiger partial charge is 0.322 e. The second-order valence-electron chi connectivity index (χ2n) is 7.54. The summed E-state index contributed by atoms with van der Waals surface area (Å²) in [6, 6.07) is 0.656. The quantitative estimate of drug-likeness (QED) is 0.846. The van der Waals surface area contributed by atoms with Gasteiger partial charge in [0.25, 0.3) is 0 Å². The molecule has 1 N–H and O–H groups in total. The fraction of sp³-hybridized carbons (Fsp3) is 0.938. The van der Waals surface area contributed by atoms with E-state index in [1.165, 1.54) is 19.3 Å². The number of nitrogens with zero attached hydrogens (tertiary/aromatic N) is 1. The van der Waals surface area contributed by atoms with Crippen molar-refractivity contribution in [2.45, 2.75) is 64.7 Å². The Balaban J connectivity index is 1.56. The number of carbonyl (C=O) groups excluding carboxylic acids is 1. The van der Waals surface area contributed by atoms with Crippen LogP contribution >= 0.6 is 0 Å². The van der Waals surface area contributed by atoms with E-state index in [-0.39, 0.29) is 6.04 Å². The van der Waals surface area contributed by atoms with E-state index in [2.05, 4.69) is 31.0 Å². The van der Waals surface area contributed by atoms with Crippen LogP contribution in [0.1, 0.15) is 46.5 Å². The van der Waals surface area contributed by atoms with Gasteiger partial charge in [0.2, 0.25) is 5.91 Å². The summed E-state index contributed by atoms with van der Waals surface area (Å²) in [6.45, 7) is 6.51. The zero-order valence-corrected chi connectivity index (χ0v) is 12.3. The Morgan fingerprint density at radius 3 is 2.42 bits per heavy atom. The van der Waals surface area contributed by atoms with Crippen LogP contribution in [-0.4, -0.2) is 29.1 Å². The molecule has 1 saturated heterocycles. The number of hydrogen-bond acceptors (Lipinski definition) is 2. The summed E-state index contributed by atoms with van der Waals surface area (Å²) in [5.41, 5.74) is 0. The molecule has 19 heavy (non-hydrogen) atoms. The molecule has 1 amide bonds. The second kappa shape index (κ2) is 3.97. The Bertz CT molecular complexity index is 392. The Hall–Kier alpha value is -0.570. The van der Waals surface area contributed by atoms with Gasteiger partial charge in [0.05, 0.1) is 12.2 Å². The van der Waals surface area contributed by atoms with Crippen molar-refractivity contribution in [2.75, 3.05) is 0 Å². The van der Waals surface area contributed by atoms with Gasteiger partial charge in [-0.25, -0.2) is 0 Å². The topological polar surface area (TPSA) is 32.3 Å². The van der Waals surface area contributed by atoms with E-state index < -0.39 is 0 Å². The molecule has 6 unspecified atom stereocenters. The molecule has 106 valence electrons. The predicted molar refractivity (Wildman–Crippen MR) is 74.3 cm³/mol. The van der Waals surface area contributed by atoms with Gasteiger partial charge in [-0.2, -0.15) is 0 Å². The van der Waals surface area contributed by atoms with Crippen molar-refractivity contribution in [3.8, 4) is 0 Å². The SMILES string of the molecule is CCC1NC(C(C)C)C(=O)N1C1C2C3CCC(C3)C21. The van der Waals surface area contributed by atoms with Crippen LogP contribution in [0.3, 0.4) is 0 Å². The first kappa shape index (κ1) is 12.2. The van der Waals surface area contributed by atoms with Crippen LogP contribution in [-0.2, 0) is 4.79 Å². The smallest absolute Gasteiger partial charge is 0.241 e. The summed E-state index contributed by atoms with van der Waals surface area (Å²) in [7, 11) is 0. The molecule has 1 aliphatic heterocycles. The Kier molecular flexibility index (Phi) is 2.55. The van der Waals surface area contributed by atoms with Gasteiger partial charge >= 0.3 is 0 Å². The third kappa shape index (κ3) is 1.51. The third-order valence-electron chi connectivity index (χ3n) is 6.30. The van der Waals surface area contributed by atoms with Crippen LogP contribution in [0.15, 0.2) is 0 Å². The molecule has 1 heterocycles. The minimum Gasteiger partial charge on any atom is -0.322 e. The molecule has 6 atom stereocenters. The highest BCUT2D eigenvalue weighted by molar-refractivity contribution is 5.85. The molecule has 3 nitrogen and oxygen atoms in total. The van der Waals surface area contributed by atoms with E-state index in [0.29, 0.717) is 24.0 Å². The lowest BCUT2D eigenvalue weighted by Gasteiger charge is -2.26. The number of amides is 1. The lowest BCUT2D eigenvalue weighted by molar-refractivity contribution is -0.131. The molecule has 0 aromatic heterocycles. The van der Waals surface area contributed by atoms with E-state index in [1.54, 1.807) is 0 Å². The monoisotopic (exact) mass is 262 g/mol. The van der Waals surface area contributed by atoms with Crippen molar-refractivity contribution >= 4 is 5.91 Å². The highest BCUT2D eigenvalue weighted by Gasteiger charge is 2.69. The first-order valence-electron chi connectivity index (χ1n) is 8.21. The van der Waals surface area contributed by atoms with Crippen LogP contribution in [0, 0.1) is 29.6 Å². The summed E-state index contributed by atoms with van der Waals surface area (Å²) in [6.07, 6.45) is 5.67. The number of fused-ring (bicyclic) bond motifs is 5. The van der Waals surface area contributed by atoms with Gasteiger partial charge in [-0.3, -0.25) is 10.1 Å². The fourth-order valence-electron chi connectivity index (χ4n) is 5.47. The highest BCUT2D eigenvalue weighted by atomic mass is 16.2. The van der Waals surface area contributed by atoms with E-state index in [4.69, 9.17) is 0 Å². The molecule has 4 fully saturated rings. The summed E-state index contributed by atoms with van der Waals surface area (Å²) < 4.78 is 0. The first-order chi connectivity index (χ1) is 9.13. The second-order valence-corrected chi connectivity index (χ2v) is 7.54. The molecule has 3 aliphatic carbocycles. The Morgan fingerprint density at radius 2 is 1.89 bits per heavy atom. The molecule has 4 aliphatic rings. The molecular formula is C16H26N2O. The van der Waals surface area contributed by atoms with Gasteiger partial charge < -0.3 is 4.90 Å². The van der Waals surface area contributed by atoms with E-state index in [1.807, 2.05) is 0 Å². The third-order valence-corrected chi connectivity index (χ3v) is 6.30. The molecule has 3 heteroatoms. The summed E-state index contributed by atoms with van der Waals surface area (Å²) in [4.78, 5) is 15.0. The van der Waals surface area contributed by atoms with Crippen LogP contribution in [0.25, 0.3) is 0 Å². The maximum atomic E-state index is 12.7. The number of rotatable bonds is 3. The zero-order valence-electron chi connectivity index (χ0n) is 12.3. The average Bonchev–Trinajstić information content (AvgIpc) is 2.76. The van der Waals surface area contributed by atoms with E-state index in [0.717, 1.165) is 30.1 Å². The van der Waals surface area contributed by atoms with Gasteiger partial charge in [-0.15, -0.1) is 0 Å². The minimum absolute atomic E-state index is 0.0592. The van der Waals surface area contributed by atoms with Gasteiger partial charge in [-0.05, 0) is 55.3 Å². The van der Waals surface area contributed by atoms with Crippen LogP contribution in [0.4, 0.5) is 0 Å². The summed E-state index contributed by atoms with van der Waals surface area (Å²) >= 11 is 0. The molecular weight excluding hydrogens is 236 g/mol.